The number of carbonyl (C=O) groups excluding carboxylic acids is 1. The molecule has 1 amide bonds. The second-order valence-corrected chi connectivity index (χ2v) is 5.72. The summed E-state index contributed by atoms with van der Waals surface area (Å²) in [5, 5.41) is 7.64. The van der Waals surface area contributed by atoms with Crippen molar-refractivity contribution in [3.63, 3.8) is 0 Å². The Hall–Kier alpha value is -2.86. The first kappa shape index (κ1) is 17.0. The van der Waals surface area contributed by atoms with Crippen LogP contribution in [0.4, 0.5) is 5.69 Å². The van der Waals surface area contributed by atoms with Gasteiger partial charge >= 0.3 is 0 Å². The number of amides is 1. The molecule has 0 radical (unpaired) electrons. The first-order valence-corrected chi connectivity index (χ1v) is 8.18. The molecular formula is C18H17ClN4O2. The molecule has 7 heteroatoms. The van der Waals surface area contributed by atoms with Crippen LogP contribution in [-0.4, -0.2) is 27.3 Å². The van der Waals surface area contributed by atoms with Crippen molar-refractivity contribution in [1.29, 1.82) is 0 Å². The predicted octanol–water partition coefficient (Wildman–Crippen LogP) is 3.88. The van der Waals surface area contributed by atoms with Crippen LogP contribution in [0.3, 0.4) is 0 Å². The zero-order valence-corrected chi connectivity index (χ0v) is 14.6. The summed E-state index contributed by atoms with van der Waals surface area (Å²) in [6.07, 6.45) is 0. The fourth-order valence-corrected chi connectivity index (χ4v) is 2.51. The van der Waals surface area contributed by atoms with E-state index in [1.165, 1.54) is 0 Å². The molecule has 0 fully saturated rings. The summed E-state index contributed by atoms with van der Waals surface area (Å²) < 4.78 is 6.96. The number of benzene rings is 2. The molecule has 2 aromatic carbocycles. The van der Waals surface area contributed by atoms with Crippen LogP contribution in [-0.2, 0) is 0 Å². The molecule has 128 valence electrons. The third-order valence-corrected chi connectivity index (χ3v) is 3.68. The van der Waals surface area contributed by atoms with Gasteiger partial charge in [0.25, 0.3) is 5.91 Å². The Morgan fingerprint density at radius 1 is 1.24 bits per heavy atom. The maximum absolute atomic E-state index is 12.4. The van der Waals surface area contributed by atoms with E-state index in [1.807, 2.05) is 19.1 Å². The number of hydrogen-bond donors (Lipinski definition) is 1. The average molecular weight is 357 g/mol. The van der Waals surface area contributed by atoms with Crippen LogP contribution >= 0.6 is 11.6 Å². The van der Waals surface area contributed by atoms with E-state index in [9.17, 15) is 4.79 Å². The lowest BCUT2D eigenvalue weighted by Gasteiger charge is -2.05. The predicted molar refractivity (Wildman–Crippen MR) is 96.7 cm³/mol. The van der Waals surface area contributed by atoms with Gasteiger partial charge in [-0.05, 0) is 56.3 Å². The number of rotatable bonds is 5. The van der Waals surface area contributed by atoms with Gasteiger partial charge in [0.1, 0.15) is 11.6 Å². The van der Waals surface area contributed by atoms with Crippen molar-refractivity contribution in [1.82, 2.24) is 14.8 Å². The van der Waals surface area contributed by atoms with Crippen molar-refractivity contribution < 1.29 is 9.53 Å². The van der Waals surface area contributed by atoms with Gasteiger partial charge in [-0.25, -0.2) is 9.67 Å². The zero-order valence-electron chi connectivity index (χ0n) is 13.9. The number of aromatic nitrogens is 3. The Labute approximate surface area is 150 Å². The summed E-state index contributed by atoms with van der Waals surface area (Å²) in [5.74, 6) is 1.05. The van der Waals surface area contributed by atoms with Crippen molar-refractivity contribution >= 4 is 23.2 Å². The molecule has 3 rings (SSSR count). The van der Waals surface area contributed by atoms with E-state index in [1.54, 1.807) is 48.0 Å². The molecule has 0 atom stereocenters. The topological polar surface area (TPSA) is 69.0 Å². The maximum Gasteiger partial charge on any atom is 0.295 e. The Morgan fingerprint density at radius 3 is 2.68 bits per heavy atom. The summed E-state index contributed by atoms with van der Waals surface area (Å²) in [6.45, 7) is 4.29. The molecule has 25 heavy (non-hydrogen) atoms. The highest BCUT2D eigenvalue weighted by Gasteiger charge is 2.15. The van der Waals surface area contributed by atoms with Gasteiger partial charge in [-0.15, -0.1) is 5.10 Å². The van der Waals surface area contributed by atoms with E-state index >= 15 is 0 Å². The Balaban J connectivity index is 1.78. The SMILES string of the molecule is CCOc1ccc(NC(=O)c2nc(C)n(-c3cccc(Cl)c3)n2)cc1. The van der Waals surface area contributed by atoms with Crippen molar-refractivity contribution in [2.75, 3.05) is 11.9 Å². The minimum absolute atomic E-state index is 0.0892. The van der Waals surface area contributed by atoms with Gasteiger partial charge in [0.05, 0.1) is 12.3 Å². The number of carbonyl (C=O) groups is 1. The van der Waals surface area contributed by atoms with Gasteiger partial charge in [-0.2, -0.15) is 0 Å². The monoisotopic (exact) mass is 356 g/mol. The van der Waals surface area contributed by atoms with E-state index < -0.39 is 0 Å². The molecule has 1 heterocycles. The van der Waals surface area contributed by atoms with Crippen LogP contribution in [0.2, 0.25) is 5.02 Å². The van der Waals surface area contributed by atoms with Crippen LogP contribution in [0, 0.1) is 6.92 Å². The van der Waals surface area contributed by atoms with E-state index in [0.29, 0.717) is 23.1 Å². The largest absolute Gasteiger partial charge is 0.494 e. The molecular weight excluding hydrogens is 340 g/mol. The summed E-state index contributed by atoms with van der Waals surface area (Å²) in [5.41, 5.74) is 1.39. The fraction of sp³-hybridized carbons (Fsp3) is 0.167. The van der Waals surface area contributed by atoms with E-state index in [0.717, 1.165) is 11.4 Å². The summed E-state index contributed by atoms with van der Waals surface area (Å²) in [6, 6.07) is 14.3. The number of nitrogens with zero attached hydrogens (tertiary/aromatic N) is 3. The summed E-state index contributed by atoms with van der Waals surface area (Å²) >= 11 is 6.01. The smallest absolute Gasteiger partial charge is 0.295 e. The zero-order chi connectivity index (χ0) is 17.8. The van der Waals surface area contributed by atoms with Crippen LogP contribution in [0.5, 0.6) is 5.75 Å². The van der Waals surface area contributed by atoms with Crippen LogP contribution < -0.4 is 10.1 Å². The molecule has 0 saturated carbocycles. The van der Waals surface area contributed by atoms with Gasteiger partial charge in [-0.1, -0.05) is 17.7 Å². The molecule has 0 aliphatic heterocycles. The number of nitrogens with one attached hydrogen (secondary N) is 1. The van der Waals surface area contributed by atoms with Crippen molar-refractivity contribution in [2.24, 2.45) is 0 Å². The molecule has 1 N–H and O–H groups in total. The van der Waals surface area contributed by atoms with Crippen LogP contribution in [0.1, 0.15) is 23.4 Å². The second-order valence-electron chi connectivity index (χ2n) is 5.29. The van der Waals surface area contributed by atoms with Gasteiger partial charge in [0.15, 0.2) is 0 Å². The highest BCUT2D eigenvalue weighted by molar-refractivity contribution is 6.30. The van der Waals surface area contributed by atoms with Gasteiger partial charge < -0.3 is 10.1 Å². The highest BCUT2D eigenvalue weighted by atomic mass is 35.5. The molecule has 0 aliphatic carbocycles. The van der Waals surface area contributed by atoms with Crippen LogP contribution in [0.25, 0.3) is 5.69 Å². The van der Waals surface area contributed by atoms with E-state index in [-0.39, 0.29) is 11.7 Å². The number of ether oxygens (including phenoxy) is 1. The molecule has 0 spiro atoms. The molecule has 0 unspecified atom stereocenters. The molecule has 0 bridgehead atoms. The Kier molecular flexibility index (Phi) is 5.00. The standard InChI is InChI=1S/C18H17ClN4O2/c1-3-25-16-9-7-14(8-10-16)21-18(24)17-20-12(2)23(22-17)15-6-4-5-13(19)11-15/h4-11H,3H2,1-2H3,(H,21,24). The first-order valence-electron chi connectivity index (χ1n) is 7.80. The summed E-state index contributed by atoms with van der Waals surface area (Å²) in [4.78, 5) is 16.6. The van der Waals surface area contributed by atoms with Gasteiger partial charge in [0.2, 0.25) is 5.82 Å². The van der Waals surface area contributed by atoms with Gasteiger partial charge in [-0.3, -0.25) is 4.79 Å². The number of halogens is 1. The lowest BCUT2D eigenvalue weighted by atomic mass is 10.3. The quantitative estimate of drug-likeness (QED) is 0.753. The molecule has 1 aromatic heterocycles. The number of hydrogen-bond acceptors (Lipinski definition) is 4. The average Bonchev–Trinajstić information content (AvgIpc) is 2.99. The van der Waals surface area contributed by atoms with Gasteiger partial charge in [0, 0.05) is 10.7 Å². The Morgan fingerprint density at radius 2 is 2.00 bits per heavy atom. The van der Waals surface area contributed by atoms with Crippen molar-refractivity contribution in [2.45, 2.75) is 13.8 Å². The first-order chi connectivity index (χ1) is 12.1. The number of anilines is 1. The minimum atomic E-state index is -0.381. The molecule has 0 aliphatic rings. The lowest BCUT2D eigenvalue weighted by molar-refractivity contribution is 0.101. The lowest BCUT2D eigenvalue weighted by Crippen LogP contribution is -2.14. The van der Waals surface area contributed by atoms with E-state index in [2.05, 4.69) is 15.4 Å². The van der Waals surface area contributed by atoms with Crippen molar-refractivity contribution in [3.05, 3.63) is 65.2 Å². The normalized spacial score (nSPS) is 10.5. The van der Waals surface area contributed by atoms with E-state index in [4.69, 9.17) is 16.3 Å². The summed E-state index contributed by atoms with van der Waals surface area (Å²) in [7, 11) is 0. The maximum atomic E-state index is 12.4. The minimum Gasteiger partial charge on any atom is -0.494 e. The Bertz CT molecular complexity index is 890. The fourth-order valence-electron chi connectivity index (χ4n) is 2.33. The molecule has 6 nitrogen and oxygen atoms in total. The second kappa shape index (κ2) is 7.36. The van der Waals surface area contributed by atoms with Crippen LogP contribution in [0.15, 0.2) is 48.5 Å². The number of aryl methyl sites for hydroxylation is 1. The molecule has 0 saturated heterocycles. The third kappa shape index (κ3) is 3.97. The third-order valence-electron chi connectivity index (χ3n) is 3.45. The molecule has 3 aromatic rings. The van der Waals surface area contributed by atoms with Crippen molar-refractivity contribution in [3.8, 4) is 11.4 Å². The highest BCUT2D eigenvalue weighted by Crippen LogP contribution is 2.18.